The fraction of sp³-hybridized carbons (Fsp3) is 0.583. The fourth-order valence-corrected chi connectivity index (χ4v) is 3.81. The molecule has 1 heterocycles. The average Bonchev–Trinajstić information content (AvgIpc) is 3.09. The SMILES string of the molecule is CC(C)CN(C1CC1)S(=O)(=O)c1cnccc1N. The Bertz CT molecular complexity index is 524. The third kappa shape index (κ3) is 2.64. The minimum Gasteiger partial charge on any atom is -0.398 e. The molecule has 0 atom stereocenters. The molecule has 18 heavy (non-hydrogen) atoms. The summed E-state index contributed by atoms with van der Waals surface area (Å²) in [4.78, 5) is 3.99. The molecule has 5 nitrogen and oxygen atoms in total. The molecule has 2 rings (SSSR count). The summed E-state index contributed by atoms with van der Waals surface area (Å²) in [6.07, 6.45) is 4.71. The topological polar surface area (TPSA) is 76.3 Å². The number of nitrogens with two attached hydrogens (primary N) is 1. The summed E-state index contributed by atoms with van der Waals surface area (Å²) in [5, 5.41) is 0. The van der Waals surface area contributed by atoms with Crippen LogP contribution in [0.5, 0.6) is 0 Å². The molecule has 0 bridgehead atoms. The smallest absolute Gasteiger partial charge is 0.246 e. The summed E-state index contributed by atoms with van der Waals surface area (Å²) in [6.45, 7) is 4.55. The van der Waals surface area contributed by atoms with Gasteiger partial charge < -0.3 is 5.73 Å². The summed E-state index contributed by atoms with van der Waals surface area (Å²) in [6, 6.07) is 1.66. The Kier molecular flexibility index (Phi) is 3.59. The Morgan fingerprint density at radius 2 is 2.17 bits per heavy atom. The maximum Gasteiger partial charge on any atom is 0.246 e. The molecule has 0 amide bonds. The molecule has 1 aromatic rings. The van der Waals surface area contributed by atoms with Crippen molar-refractivity contribution >= 4 is 15.7 Å². The molecular formula is C12H19N3O2S. The molecule has 1 aliphatic rings. The van der Waals surface area contributed by atoms with Gasteiger partial charge >= 0.3 is 0 Å². The van der Waals surface area contributed by atoms with Crippen LogP contribution in [0.1, 0.15) is 26.7 Å². The number of hydrogen-bond donors (Lipinski definition) is 1. The first-order valence-electron chi connectivity index (χ1n) is 6.14. The summed E-state index contributed by atoms with van der Waals surface area (Å²) in [5.74, 6) is 0.290. The quantitative estimate of drug-likeness (QED) is 0.878. The van der Waals surface area contributed by atoms with E-state index in [4.69, 9.17) is 5.73 Å². The lowest BCUT2D eigenvalue weighted by atomic mass is 10.2. The average molecular weight is 269 g/mol. The van der Waals surface area contributed by atoms with Gasteiger partial charge in [0.15, 0.2) is 0 Å². The Morgan fingerprint density at radius 3 is 2.67 bits per heavy atom. The lowest BCUT2D eigenvalue weighted by Crippen LogP contribution is -2.36. The third-order valence-corrected chi connectivity index (χ3v) is 4.86. The second kappa shape index (κ2) is 4.85. The van der Waals surface area contributed by atoms with Crippen LogP contribution in [0, 0.1) is 5.92 Å². The number of sulfonamides is 1. The number of hydrogen-bond acceptors (Lipinski definition) is 4. The van der Waals surface area contributed by atoms with E-state index in [2.05, 4.69) is 4.98 Å². The number of aromatic nitrogens is 1. The Labute approximate surface area is 108 Å². The zero-order valence-corrected chi connectivity index (χ0v) is 11.5. The van der Waals surface area contributed by atoms with Gasteiger partial charge in [0.25, 0.3) is 0 Å². The van der Waals surface area contributed by atoms with E-state index in [1.165, 1.54) is 18.5 Å². The van der Waals surface area contributed by atoms with Crippen LogP contribution < -0.4 is 5.73 Å². The fourth-order valence-electron chi connectivity index (χ4n) is 1.90. The zero-order valence-electron chi connectivity index (χ0n) is 10.7. The second-order valence-corrected chi connectivity index (χ2v) is 6.97. The molecule has 0 unspecified atom stereocenters. The van der Waals surface area contributed by atoms with Crippen LogP contribution >= 0.6 is 0 Å². The van der Waals surface area contributed by atoms with Gasteiger partial charge in [-0.05, 0) is 24.8 Å². The molecule has 1 saturated carbocycles. The molecule has 0 radical (unpaired) electrons. The van der Waals surface area contributed by atoms with Crippen LogP contribution in [0.4, 0.5) is 5.69 Å². The van der Waals surface area contributed by atoms with Gasteiger partial charge in [-0.1, -0.05) is 13.8 Å². The standard InChI is InChI=1S/C12H19N3O2S/c1-9(2)8-15(10-3-4-10)18(16,17)12-7-14-6-5-11(12)13/h5-7,9-10H,3-4,8H2,1-2H3,(H2,13,14). The van der Waals surface area contributed by atoms with E-state index in [0.29, 0.717) is 12.5 Å². The predicted octanol–water partition coefficient (Wildman–Crippen LogP) is 1.47. The van der Waals surface area contributed by atoms with Crippen molar-refractivity contribution in [3.8, 4) is 0 Å². The van der Waals surface area contributed by atoms with Crippen LogP contribution in [0.15, 0.2) is 23.4 Å². The van der Waals surface area contributed by atoms with Crippen LogP contribution in [0.2, 0.25) is 0 Å². The number of anilines is 1. The molecule has 1 fully saturated rings. The maximum absolute atomic E-state index is 12.6. The summed E-state index contributed by atoms with van der Waals surface area (Å²) in [7, 11) is -3.52. The molecule has 2 N–H and O–H groups in total. The van der Waals surface area contributed by atoms with E-state index >= 15 is 0 Å². The van der Waals surface area contributed by atoms with Crippen molar-refractivity contribution in [3.63, 3.8) is 0 Å². The van der Waals surface area contributed by atoms with Crippen molar-refractivity contribution in [2.75, 3.05) is 12.3 Å². The van der Waals surface area contributed by atoms with E-state index in [1.807, 2.05) is 13.8 Å². The van der Waals surface area contributed by atoms with E-state index in [0.717, 1.165) is 12.8 Å². The van der Waals surface area contributed by atoms with Gasteiger partial charge in [0.2, 0.25) is 10.0 Å². The lowest BCUT2D eigenvalue weighted by Gasteiger charge is -2.24. The highest BCUT2D eigenvalue weighted by Gasteiger charge is 2.39. The molecule has 1 aliphatic carbocycles. The number of rotatable bonds is 5. The van der Waals surface area contributed by atoms with Crippen molar-refractivity contribution in [2.24, 2.45) is 5.92 Å². The largest absolute Gasteiger partial charge is 0.398 e. The van der Waals surface area contributed by atoms with Gasteiger partial charge in [0.05, 0.1) is 5.69 Å². The predicted molar refractivity (Wildman–Crippen MR) is 70.4 cm³/mol. The molecule has 6 heteroatoms. The van der Waals surface area contributed by atoms with Crippen molar-refractivity contribution in [1.82, 2.24) is 9.29 Å². The normalized spacial score (nSPS) is 16.4. The first kappa shape index (κ1) is 13.3. The van der Waals surface area contributed by atoms with Crippen LogP contribution in [-0.2, 0) is 10.0 Å². The Hall–Kier alpha value is -1.14. The highest BCUT2D eigenvalue weighted by atomic mass is 32.2. The van der Waals surface area contributed by atoms with Gasteiger partial charge in [-0.3, -0.25) is 4.98 Å². The monoisotopic (exact) mass is 269 g/mol. The van der Waals surface area contributed by atoms with Gasteiger partial charge in [-0.15, -0.1) is 0 Å². The second-order valence-electron chi connectivity index (χ2n) is 5.11. The highest BCUT2D eigenvalue weighted by Crippen LogP contribution is 2.33. The Morgan fingerprint density at radius 1 is 1.50 bits per heavy atom. The first-order valence-corrected chi connectivity index (χ1v) is 7.58. The minimum absolute atomic E-state index is 0.123. The number of nitrogen functional groups attached to an aromatic ring is 1. The summed E-state index contributed by atoms with van der Waals surface area (Å²) in [5.41, 5.74) is 6.01. The minimum atomic E-state index is -3.52. The third-order valence-electron chi connectivity index (χ3n) is 2.90. The van der Waals surface area contributed by atoms with Gasteiger partial charge in [0.1, 0.15) is 4.90 Å². The van der Waals surface area contributed by atoms with Gasteiger partial charge in [-0.2, -0.15) is 4.31 Å². The molecule has 0 aromatic carbocycles. The summed E-state index contributed by atoms with van der Waals surface area (Å²) >= 11 is 0. The van der Waals surface area contributed by atoms with Gasteiger partial charge in [0, 0.05) is 25.0 Å². The molecule has 0 saturated heterocycles. The van der Waals surface area contributed by atoms with E-state index in [1.54, 1.807) is 4.31 Å². The molecule has 100 valence electrons. The van der Waals surface area contributed by atoms with Crippen LogP contribution in [0.25, 0.3) is 0 Å². The zero-order chi connectivity index (χ0) is 13.3. The van der Waals surface area contributed by atoms with Crippen LogP contribution in [0.3, 0.4) is 0 Å². The maximum atomic E-state index is 12.6. The van der Waals surface area contributed by atoms with E-state index in [-0.39, 0.29) is 16.6 Å². The highest BCUT2D eigenvalue weighted by molar-refractivity contribution is 7.89. The van der Waals surface area contributed by atoms with Crippen molar-refractivity contribution in [2.45, 2.75) is 37.6 Å². The first-order chi connectivity index (χ1) is 8.43. The molecule has 1 aromatic heterocycles. The summed E-state index contributed by atoms with van der Waals surface area (Å²) < 4.78 is 26.7. The van der Waals surface area contributed by atoms with Crippen LogP contribution in [-0.4, -0.2) is 30.3 Å². The Balaban J connectivity index is 2.36. The van der Waals surface area contributed by atoms with E-state index in [9.17, 15) is 8.42 Å². The molecule has 0 aliphatic heterocycles. The van der Waals surface area contributed by atoms with Crippen molar-refractivity contribution in [3.05, 3.63) is 18.5 Å². The van der Waals surface area contributed by atoms with Gasteiger partial charge in [-0.25, -0.2) is 8.42 Å². The number of nitrogens with zero attached hydrogens (tertiary/aromatic N) is 2. The van der Waals surface area contributed by atoms with Crippen molar-refractivity contribution in [1.29, 1.82) is 0 Å². The molecule has 0 spiro atoms. The van der Waals surface area contributed by atoms with Crippen molar-refractivity contribution < 1.29 is 8.42 Å². The van der Waals surface area contributed by atoms with E-state index < -0.39 is 10.0 Å². The lowest BCUT2D eigenvalue weighted by molar-refractivity contribution is 0.360. The molecular weight excluding hydrogens is 250 g/mol. The number of pyridine rings is 1.